The van der Waals surface area contributed by atoms with Gasteiger partial charge in [0, 0.05) is 19.1 Å². The molecule has 1 atom stereocenters. The van der Waals surface area contributed by atoms with Crippen LogP contribution in [0.2, 0.25) is 0 Å². The van der Waals surface area contributed by atoms with Gasteiger partial charge in [0.15, 0.2) is 0 Å². The summed E-state index contributed by atoms with van der Waals surface area (Å²) >= 11 is 1.49. The van der Waals surface area contributed by atoms with Gasteiger partial charge in [-0.1, -0.05) is 6.42 Å². The number of rotatable bonds is 4. The summed E-state index contributed by atoms with van der Waals surface area (Å²) in [6, 6.07) is 2.08. The molecule has 1 fully saturated rings. The molecule has 108 valence electrons. The second-order valence-electron chi connectivity index (χ2n) is 5.25. The molecule has 2 aromatic rings. The summed E-state index contributed by atoms with van der Waals surface area (Å²) in [7, 11) is 0. The third-order valence-electron chi connectivity index (χ3n) is 4.04. The largest absolute Gasteiger partial charge is 0.395 e. The van der Waals surface area contributed by atoms with Gasteiger partial charge in [0.25, 0.3) is 5.56 Å². The molecule has 1 unspecified atom stereocenters. The molecule has 1 aliphatic rings. The lowest BCUT2D eigenvalue weighted by molar-refractivity contribution is 0.0869. The number of fused-ring (bicyclic) bond motifs is 1. The van der Waals surface area contributed by atoms with Crippen molar-refractivity contribution in [3.05, 3.63) is 28.1 Å². The zero-order valence-corrected chi connectivity index (χ0v) is 12.2. The number of likely N-dealkylation sites (tertiary alicyclic amines) is 1. The SMILES string of the molecule is O=c1c2ccsc2ncn1CCN1CCCCC1CO. The number of hydrogen-bond donors (Lipinski definition) is 1. The first kappa shape index (κ1) is 13.7. The zero-order chi connectivity index (χ0) is 13.9. The van der Waals surface area contributed by atoms with Gasteiger partial charge in [-0.3, -0.25) is 14.3 Å². The smallest absolute Gasteiger partial charge is 0.262 e. The molecule has 0 radical (unpaired) electrons. The molecule has 0 aliphatic carbocycles. The highest BCUT2D eigenvalue weighted by Gasteiger charge is 2.21. The molecule has 0 saturated carbocycles. The molecule has 3 heterocycles. The quantitative estimate of drug-likeness (QED) is 0.923. The predicted molar refractivity (Wildman–Crippen MR) is 80.2 cm³/mol. The maximum Gasteiger partial charge on any atom is 0.262 e. The summed E-state index contributed by atoms with van der Waals surface area (Å²) < 4.78 is 1.68. The van der Waals surface area contributed by atoms with Crippen molar-refractivity contribution in [2.75, 3.05) is 19.7 Å². The van der Waals surface area contributed by atoms with E-state index in [1.165, 1.54) is 24.2 Å². The number of aromatic nitrogens is 2. The second-order valence-corrected chi connectivity index (χ2v) is 6.15. The van der Waals surface area contributed by atoms with Crippen LogP contribution < -0.4 is 5.56 Å². The average Bonchev–Trinajstić information content (AvgIpc) is 2.96. The maximum absolute atomic E-state index is 12.3. The van der Waals surface area contributed by atoms with Gasteiger partial charge in [0.05, 0.1) is 18.3 Å². The molecule has 1 aliphatic heterocycles. The van der Waals surface area contributed by atoms with Crippen LogP contribution in [-0.4, -0.2) is 45.3 Å². The predicted octanol–water partition coefficient (Wildman–Crippen LogP) is 1.30. The highest BCUT2D eigenvalue weighted by atomic mass is 32.1. The summed E-state index contributed by atoms with van der Waals surface area (Å²) in [6.07, 6.45) is 5.05. The number of thiophene rings is 1. The van der Waals surface area contributed by atoms with Gasteiger partial charge in [0.2, 0.25) is 0 Å². The Hall–Kier alpha value is -1.24. The van der Waals surface area contributed by atoms with E-state index in [1.807, 2.05) is 11.4 Å². The Bertz CT molecular complexity index is 637. The highest BCUT2D eigenvalue weighted by molar-refractivity contribution is 7.16. The van der Waals surface area contributed by atoms with Crippen molar-refractivity contribution in [3.63, 3.8) is 0 Å². The van der Waals surface area contributed by atoms with Crippen LogP contribution in [0.1, 0.15) is 19.3 Å². The molecule has 0 amide bonds. The molecule has 5 nitrogen and oxygen atoms in total. The molecule has 1 N–H and O–H groups in total. The third-order valence-corrected chi connectivity index (χ3v) is 4.86. The van der Waals surface area contributed by atoms with E-state index in [9.17, 15) is 9.90 Å². The lowest BCUT2D eigenvalue weighted by Gasteiger charge is -2.34. The number of aliphatic hydroxyl groups excluding tert-OH is 1. The molecule has 1 saturated heterocycles. The fourth-order valence-corrected chi connectivity index (χ4v) is 3.57. The van der Waals surface area contributed by atoms with Crippen LogP contribution >= 0.6 is 11.3 Å². The maximum atomic E-state index is 12.3. The minimum absolute atomic E-state index is 0.0359. The lowest BCUT2D eigenvalue weighted by Crippen LogP contribution is -2.44. The topological polar surface area (TPSA) is 58.4 Å². The van der Waals surface area contributed by atoms with E-state index < -0.39 is 0 Å². The van der Waals surface area contributed by atoms with E-state index in [2.05, 4.69) is 9.88 Å². The molecule has 20 heavy (non-hydrogen) atoms. The van der Waals surface area contributed by atoms with E-state index in [1.54, 1.807) is 10.9 Å². The lowest BCUT2D eigenvalue weighted by atomic mass is 10.0. The number of nitrogens with zero attached hydrogens (tertiary/aromatic N) is 3. The minimum atomic E-state index is 0.0359. The van der Waals surface area contributed by atoms with Gasteiger partial charge in [-0.15, -0.1) is 11.3 Å². The minimum Gasteiger partial charge on any atom is -0.395 e. The van der Waals surface area contributed by atoms with Gasteiger partial charge in [0.1, 0.15) is 4.83 Å². The van der Waals surface area contributed by atoms with Gasteiger partial charge in [-0.05, 0) is 30.8 Å². The number of piperidine rings is 1. The van der Waals surface area contributed by atoms with Crippen LogP contribution in [0.25, 0.3) is 10.2 Å². The second kappa shape index (κ2) is 6.03. The Kier molecular flexibility index (Phi) is 4.14. The monoisotopic (exact) mass is 293 g/mol. The Morgan fingerprint density at radius 1 is 1.40 bits per heavy atom. The molecule has 0 spiro atoms. The summed E-state index contributed by atoms with van der Waals surface area (Å²) in [5.74, 6) is 0. The normalized spacial score (nSPS) is 20.6. The van der Waals surface area contributed by atoms with Gasteiger partial charge < -0.3 is 5.11 Å². The number of hydrogen-bond acceptors (Lipinski definition) is 5. The van der Waals surface area contributed by atoms with Crippen molar-refractivity contribution in [1.82, 2.24) is 14.5 Å². The van der Waals surface area contributed by atoms with E-state index in [4.69, 9.17) is 0 Å². The third kappa shape index (κ3) is 2.63. The fourth-order valence-electron chi connectivity index (χ4n) is 2.85. The molecule has 0 aromatic carbocycles. The molecule has 0 bridgehead atoms. The van der Waals surface area contributed by atoms with Crippen molar-refractivity contribution >= 4 is 21.6 Å². The first-order valence-electron chi connectivity index (χ1n) is 7.07. The van der Waals surface area contributed by atoms with Crippen molar-refractivity contribution < 1.29 is 5.11 Å². The van der Waals surface area contributed by atoms with Crippen molar-refractivity contribution in [1.29, 1.82) is 0 Å². The van der Waals surface area contributed by atoms with Crippen LogP contribution in [0.3, 0.4) is 0 Å². The Morgan fingerprint density at radius 2 is 2.30 bits per heavy atom. The van der Waals surface area contributed by atoms with Crippen LogP contribution in [-0.2, 0) is 6.54 Å². The van der Waals surface area contributed by atoms with Gasteiger partial charge in [-0.25, -0.2) is 4.98 Å². The summed E-state index contributed by atoms with van der Waals surface area (Å²) in [6.45, 7) is 2.64. The average molecular weight is 293 g/mol. The van der Waals surface area contributed by atoms with Gasteiger partial charge in [-0.2, -0.15) is 0 Å². The highest BCUT2D eigenvalue weighted by Crippen LogP contribution is 2.16. The fraction of sp³-hybridized carbons (Fsp3) is 0.571. The molecule has 3 rings (SSSR count). The van der Waals surface area contributed by atoms with Gasteiger partial charge >= 0.3 is 0 Å². The Morgan fingerprint density at radius 3 is 3.15 bits per heavy atom. The van der Waals surface area contributed by atoms with E-state index >= 15 is 0 Å². The Balaban J connectivity index is 1.73. The molecular formula is C14H19N3O2S. The molecule has 6 heteroatoms. The van der Waals surface area contributed by atoms with E-state index in [0.717, 1.165) is 24.3 Å². The zero-order valence-electron chi connectivity index (χ0n) is 11.4. The summed E-state index contributed by atoms with van der Waals surface area (Å²) in [5, 5.41) is 12.0. The first-order valence-corrected chi connectivity index (χ1v) is 7.95. The van der Waals surface area contributed by atoms with Crippen molar-refractivity contribution in [3.8, 4) is 0 Å². The number of aliphatic hydroxyl groups is 1. The first-order chi connectivity index (χ1) is 9.79. The van der Waals surface area contributed by atoms with Crippen LogP contribution in [0, 0.1) is 0 Å². The Labute approximate surface area is 121 Å². The molecular weight excluding hydrogens is 274 g/mol. The summed E-state index contributed by atoms with van der Waals surface area (Å²) in [4.78, 5) is 19.7. The van der Waals surface area contributed by atoms with Crippen LogP contribution in [0.5, 0.6) is 0 Å². The molecule has 2 aromatic heterocycles. The van der Waals surface area contributed by atoms with Crippen LogP contribution in [0.4, 0.5) is 0 Å². The standard InChI is InChI=1S/C14H19N3O2S/c18-9-11-3-1-2-5-16(11)6-7-17-10-15-13-12(14(17)19)4-8-20-13/h4,8,10-11,18H,1-3,5-7,9H2. The van der Waals surface area contributed by atoms with Crippen molar-refractivity contribution in [2.45, 2.75) is 31.8 Å². The van der Waals surface area contributed by atoms with Crippen molar-refractivity contribution in [2.24, 2.45) is 0 Å². The summed E-state index contributed by atoms with van der Waals surface area (Å²) in [5.41, 5.74) is 0.0359. The van der Waals surface area contributed by atoms with E-state index in [0.29, 0.717) is 11.9 Å². The van der Waals surface area contributed by atoms with Crippen LogP contribution in [0.15, 0.2) is 22.6 Å². The van der Waals surface area contributed by atoms with E-state index in [-0.39, 0.29) is 18.2 Å².